The number of rotatable bonds is 6. The van der Waals surface area contributed by atoms with E-state index in [0.29, 0.717) is 0 Å². The van der Waals surface area contributed by atoms with Crippen molar-refractivity contribution in [3.05, 3.63) is 103 Å². The first-order chi connectivity index (χ1) is 11.9. The Kier molecular flexibility index (Phi) is 5.76. The molecule has 0 spiro atoms. The van der Waals surface area contributed by atoms with Gasteiger partial charge in [-0.25, -0.2) is 0 Å². The third-order valence-corrected chi connectivity index (χ3v) is 18.2. The summed E-state index contributed by atoms with van der Waals surface area (Å²) in [5.41, 5.74) is 0. The predicted molar refractivity (Wildman–Crippen MR) is 105 cm³/mol. The molecule has 3 rings (SSSR count). The maximum absolute atomic E-state index is 5.20. The first-order valence-electron chi connectivity index (χ1n) is 8.22. The Balaban J connectivity index is 2.26. The fourth-order valence-electron chi connectivity index (χ4n) is 3.34. The molecule has 3 aromatic rings. The van der Waals surface area contributed by atoms with E-state index in [2.05, 4.69) is 97.1 Å². The third-order valence-electron chi connectivity index (χ3n) is 4.46. The van der Waals surface area contributed by atoms with Crippen molar-refractivity contribution in [1.82, 2.24) is 0 Å². The zero-order chi connectivity index (χ0) is 16.7. The molecule has 0 fully saturated rings. The third kappa shape index (κ3) is 3.41. The molecular formula is C22H22OSn. The van der Waals surface area contributed by atoms with Crippen LogP contribution in [0.25, 0.3) is 0 Å². The maximum atomic E-state index is 5.20. The Labute approximate surface area is 148 Å². The second-order valence-corrected chi connectivity index (χ2v) is 17.1. The van der Waals surface area contributed by atoms with Gasteiger partial charge in [0.25, 0.3) is 0 Å². The second kappa shape index (κ2) is 8.20. The monoisotopic (exact) mass is 422 g/mol. The van der Waals surface area contributed by atoms with Crippen molar-refractivity contribution >= 4 is 29.1 Å². The number of hydrogen-bond acceptors (Lipinski definition) is 1. The molecular weight excluding hydrogens is 399 g/mol. The van der Waals surface area contributed by atoms with Crippen LogP contribution < -0.4 is 10.7 Å². The second-order valence-electron chi connectivity index (χ2n) is 5.82. The Morgan fingerprint density at radius 1 is 0.667 bits per heavy atom. The van der Waals surface area contributed by atoms with Crippen molar-refractivity contribution in [3.8, 4) is 0 Å². The summed E-state index contributed by atoms with van der Waals surface area (Å²) in [6.45, 7) is 0. The molecule has 2 heteroatoms. The summed E-state index contributed by atoms with van der Waals surface area (Å²) >= 11 is -3.10. The van der Waals surface area contributed by atoms with Crippen molar-refractivity contribution in [1.29, 1.82) is 0 Å². The molecule has 0 radical (unpaired) electrons. The molecule has 1 nitrogen and oxygen atoms in total. The van der Waals surface area contributed by atoms with Crippen LogP contribution >= 0.6 is 0 Å². The quantitative estimate of drug-likeness (QED) is 0.439. The van der Waals surface area contributed by atoms with Gasteiger partial charge in [0.2, 0.25) is 0 Å². The van der Waals surface area contributed by atoms with Crippen LogP contribution in [0.15, 0.2) is 103 Å². The molecule has 0 saturated carbocycles. The molecule has 3 aromatic carbocycles. The van der Waals surface area contributed by atoms with Gasteiger partial charge in [-0.15, -0.1) is 0 Å². The summed E-state index contributed by atoms with van der Waals surface area (Å²) in [4.78, 5) is 0. The van der Waals surface area contributed by atoms with E-state index in [1.54, 1.807) is 7.11 Å². The van der Waals surface area contributed by atoms with Crippen LogP contribution in [0.5, 0.6) is 0 Å². The van der Waals surface area contributed by atoms with Crippen LogP contribution in [0.2, 0.25) is 4.44 Å². The fourth-order valence-corrected chi connectivity index (χ4v) is 16.0. The van der Waals surface area contributed by atoms with E-state index >= 15 is 0 Å². The molecule has 0 heterocycles. The van der Waals surface area contributed by atoms with Gasteiger partial charge in [0.15, 0.2) is 0 Å². The molecule has 0 amide bonds. The minimum atomic E-state index is -3.10. The summed E-state index contributed by atoms with van der Waals surface area (Å²) in [7, 11) is 1.71. The van der Waals surface area contributed by atoms with Gasteiger partial charge in [0.1, 0.15) is 0 Å². The molecule has 0 saturated heterocycles. The average molecular weight is 421 g/mol. The van der Waals surface area contributed by atoms with E-state index < -0.39 is 18.4 Å². The molecule has 0 aromatic heterocycles. The molecule has 120 valence electrons. The summed E-state index contributed by atoms with van der Waals surface area (Å²) in [5, 5.41) is 0. The van der Waals surface area contributed by atoms with Crippen LogP contribution in [-0.4, -0.2) is 25.5 Å². The predicted octanol–water partition coefficient (Wildman–Crippen LogP) is 3.32. The molecule has 0 atom stereocenters. The Hall–Kier alpha value is -2.00. The van der Waals surface area contributed by atoms with E-state index in [0.717, 1.165) is 4.44 Å². The summed E-state index contributed by atoms with van der Waals surface area (Å²) in [6.07, 6.45) is 4.02. The van der Waals surface area contributed by atoms with Crippen LogP contribution in [0.4, 0.5) is 0 Å². The van der Waals surface area contributed by atoms with Crippen molar-refractivity contribution in [3.63, 3.8) is 0 Å². The number of benzene rings is 3. The van der Waals surface area contributed by atoms with E-state index in [1.807, 2.05) is 6.26 Å². The van der Waals surface area contributed by atoms with E-state index in [9.17, 15) is 0 Å². The van der Waals surface area contributed by atoms with Crippen molar-refractivity contribution in [2.75, 3.05) is 7.11 Å². The van der Waals surface area contributed by atoms with Crippen molar-refractivity contribution in [2.45, 2.75) is 4.44 Å². The van der Waals surface area contributed by atoms with Gasteiger partial charge < -0.3 is 0 Å². The molecule has 0 unspecified atom stereocenters. The Morgan fingerprint density at radius 3 is 1.38 bits per heavy atom. The molecule has 0 aliphatic rings. The van der Waals surface area contributed by atoms with E-state index in [-0.39, 0.29) is 0 Å². The van der Waals surface area contributed by atoms with Gasteiger partial charge in [-0.1, -0.05) is 0 Å². The Bertz CT molecular complexity index is 670. The topological polar surface area (TPSA) is 9.23 Å². The standard InChI is InChI=1S/3C6H5.C4H7O.Sn/c3*1-2-4-6-5-3-1;1-3-4-5-2;/h3*1-5H;3-4H,1H2,2H3;/b;;;4-3-;. The summed E-state index contributed by atoms with van der Waals surface area (Å²) in [6, 6.07) is 33.1. The van der Waals surface area contributed by atoms with Crippen molar-refractivity contribution < 1.29 is 4.74 Å². The normalized spacial score (nSPS) is 11.5. The molecule has 0 aliphatic carbocycles. The molecule has 0 N–H and O–H groups in total. The number of ether oxygens (including phenoxy) is 1. The first kappa shape index (κ1) is 16.8. The molecule has 0 bridgehead atoms. The zero-order valence-electron chi connectivity index (χ0n) is 13.9. The number of methoxy groups -OCH3 is 1. The van der Waals surface area contributed by atoms with Crippen molar-refractivity contribution in [2.24, 2.45) is 0 Å². The fraction of sp³-hybridized carbons (Fsp3) is 0.0909. The summed E-state index contributed by atoms with van der Waals surface area (Å²) < 4.78 is 10.7. The van der Waals surface area contributed by atoms with Crippen LogP contribution in [0.1, 0.15) is 0 Å². The van der Waals surface area contributed by atoms with Crippen LogP contribution in [0.3, 0.4) is 0 Å². The van der Waals surface area contributed by atoms with Crippen LogP contribution in [0, 0.1) is 0 Å². The number of hydrogen-bond donors (Lipinski definition) is 0. The number of allylic oxidation sites excluding steroid dienone is 1. The van der Waals surface area contributed by atoms with E-state index in [1.165, 1.54) is 10.7 Å². The average Bonchev–Trinajstić information content (AvgIpc) is 2.68. The minimum absolute atomic E-state index is 1.04. The SMILES string of the molecule is CO/C=C\[CH2][Sn]([c]1ccccc1)([c]1ccccc1)[c]1ccccc1. The van der Waals surface area contributed by atoms with Gasteiger partial charge in [0, 0.05) is 0 Å². The zero-order valence-corrected chi connectivity index (χ0v) is 16.8. The molecule has 0 aliphatic heterocycles. The van der Waals surface area contributed by atoms with Gasteiger partial charge in [-0.3, -0.25) is 0 Å². The summed E-state index contributed by atoms with van der Waals surface area (Å²) in [5.74, 6) is 0. The molecule has 24 heavy (non-hydrogen) atoms. The Morgan fingerprint density at radius 2 is 1.04 bits per heavy atom. The van der Waals surface area contributed by atoms with Gasteiger partial charge in [-0.2, -0.15) is 0 Å². The van der Waals surface area contributed by atoms with Crippen LogP contribution in [-0.2, 0) is 4.74 Å². The first-order valence-corrected chi connectivity index (χ1v) is 14.5. The van der Waals surface area contributed by atoms with E-state index in [4.69, 9.17) is 4.74 Å². The van der Waals surface area contributed by atoms with Gasteiger partial charge in [-0.05, 0) is 0 Å². The van der Waals surface area contributed by atoms with Gasteiger partial charge in [0.05, 0.1) is 0 Å². The van der Waals surface area contributed by atoms with Gasteiger partial charge >= 0.3 is 149 Å².